The van der Waals surface area contributed by atoms with Crippen molar-refractivity contribution in [2.75, 3.05) is 0 Å². The summed E-state index contributed by atoms with van der Waals surface area (Å²) in [4.78, 5) is 27.5. The largest absolute Gasteiger partial charge is 0.507 e. The molecule has 24 heavy (non-hydrogen) atoms. The quantitative estimate of drug-likeness (QED) is 0.438. The van der Waals surface area contributed by atoms with Gasteiger partial charge in [-0.3, -0.25) is 9.79 Å². The van der Waals surface area contributed by atoms with Crippen LogP contribution in [-0.2, 0) is 0 Å². The summed E-state index contributed by atoms with van der Waals surface area (Å²) in [6.45, 7) is 1.33. The summed E-state index contributed by atoms with van der Waals surface area (Å²) in [5, 5.41) is 20.3. The van der Waals surface area contributed by atoms with E-state index in [9.17, 15) is 19.8 Å². The molecule has 0 spiro atoms. The minimum Gasteiger partial charge on any atom is -0.507 e. The molecule has 0 aliphatic rings. The molecule has 0 bridgehead atoms. The third-order valence-corrected chi connectivity index (χ3v) is 3.52. The number of phenolic OH excluding ortho intramolecular Hbond substituents is 1. The van der Waals surface area contributed by atoms with Crippen molar-refractivity contribution in [1.82, 2.24) is 0 Å². The first-order chi connectivity index (χ1) is 11.5. The summed E-state index contributed by atoms with van der Waals surface area (Å²) in [5.74, 6) is -0.677. The van der Waals surface area contributed by atoms with E-state index in [4.69, 9.17) is 4.42 Å². The van der Waals surface area contributed by atoms with Crippen molar-refractivity contribution < 1.29 is 19.4 Å². The first kappa shape index (κ1) is 15.5. The van der Waals surface area contributed by atoms with Gasteiger partial charge in [0.05, 0.1) is 16.6 Å². The Balaban J connectivity index is 2.07. The normalized spacial score (nSPS) is 11.2. The lowest BCUT2D eigenvalue weighted by Crippen LogP contribution is -2.06. The summed E-state index contributed by atoms with van der Waals surface area (Å²) in [6, 6.07) is 10.8. The fraction of sp³-hybridized carbons (Fsp3) is 0.0556. The Bertz CT molecular complexity index is 1030. The van der Waals surface area contributed by atoms with Crippen LogP contribution in [0.4, 0.5) is 5.69 Å². The number of hydrogen-bond acceptors (Lipinski definition) is 6. The molecule has 2 N–H and O–H groups in total. The first-order valence-corrected chi connectivity index (χ1v) is 7.10. The van der Waals surface area contributed by atoms with Crippen LogP contribution in [0.15, 0.2) is 56.7 Å². The third-order valence-electron chi connectivity index (χ3n) is 3.52. The second-order valence-electron chi connectivity index (χ2n) is 5.16. The van der Waals surface area contributed by atoms with Crippen LogP contribution in [0.25, 0.3) is 11.0 Å². The van der Waals surface area contributed by atoms with E-state index in [-0.39, 0.29) is 34.0 Å². The van der Waals surface area contributed by atoms with Crippen molar-refractivity contribution in [3.8, 4) is 11.5 Å². The summed E-state index contributed by atoms with van der Waals surface area (Å²) >= 11 is 0. The standard InChI is InChI=1S/C18H13NO5/c1-10(20)13-8-11(6-7-15(13)21)19-9-14-17(22)12-4-2-3-5-16(12)24-18(14)23/h2-9,21-22H,1H3. The predicted octanol–water partition coefficient (Wildman–Crippen LogP) is 3.16. The van der Waals surface area contributed by atoms with E-state index in [2.05, 4.69) is 4.99 Å². The Morgan fingerprint density at radius 1 is 1.17 bits per heavy atom. The summed E-state index contributed by atoms with van der Waals surface area (Å²) in [6.07, 6.45) is 1.17. The maximum Gasteiger partial charge on any atom is 0.348 e. The van der Waals surface area contributed by atoms with Crippen molar-refractivity contribution in [2.24, 2.45) is 4.99 Å². The molecule has 0 amide bonds. The van der Waals surface area contributed by atoms with Gasteiger partial charge >= 0.3 is 5.63 Å². The highest BCUT2D eigenvalue weighted by Crippen LogP contribution is 2.26. The van der Waals surface area contributed by atoms with Gasteiger partial charge in [-0.2, -0.15) is 0 Å². The zero-order valence-corrected chi connectivity index (χ0v) is 12.7. The topological polar surface area (TPSA) is 100 Å². The van der Waals surface area contributed by atoms with E-state index >= 15 is 0 Å². The van der Waals surface area contributed by atoms with Gasteiger partial charge in [0.25, 0.3) is 0 Å². The molecular weight excluding hydrogens is 310 g/mol. The summed E-state index contributed by atoms with van der Waals surface area (Å²) < 4.78 is 5.14. The molecule has 0 atom stereocenters. The summed E-state index contributed by atoms with van der Waals surface area (Å²) in [7, 11) is 0. The monoisotopic (exact) mass is 323 g/mol. The van der Waals surface area contributed by atoms with E-state index in [1.54, 1.807) is 24.3 Å². The number of hydrogen-bond donors (Lipinski definition) is 2. The van der Waals surface area contributed by atoms with Gasteiger partial charge in [0, 0.05) is 6.21 Å². The maximum atomic E-state index is 12.0. The number of rotatable bonds is 3. The third kappa shape index (κ3) is 2.77. The second kappa shape index (κ2) is 6.00. The van der Waals surface area contributed by atoms with E-state index in [0.29, 0.717) is 11.1 Å². The van der Waals surface area contributed by atoms with Crippen LogP contribution in [0, 0.1) is 0 Å². The molecule has 0 radical (unpaired) electrons. The van der Waals surface area contributed by atoms with Crippen LogP contribution in [-0.4, -0.2) is 22.2 Å². The minimum absolute atomic E-state index is 0.0915. The van der Waals surface area contributed by atoms with E-state index < -0.39 is 5.63 Å². The Morgan fingerprint density at radius 2 is 1.92 bits per heavy atom. The minimum atomic E-state index is -0.722. The Labute approximate surface area is 136 Å². The van der Waals surface area contributed by atoms with Gasteiger partial charge < -0.3 is 14.6 Å². The maximum absolute atomic E-state index is 12.0. The lowest BCUT2D eigenvalue weighted by molar-refractivity contribution is 0.101. The number of nitrogens with zero attached hydrogens (tertiary/aromatic N) is 1. The molecule has 2 aromatic carbocycles. The molecule has 0 fully saturated rings. The average molecular weight is 323 g/mol. The highest BCUT2D eigenvalue weighted by molar-refractivity contribution is 5.98. The van der Waals surface area contributed by atoms with Gasteiger partial charge in [0.1, 0.15) is 22.6 Å². The zero-order valence-electron chi connectivity index (χ0n) is 12.7. The van der Waals surface area contributed by atoms with Crippen molar-refractivity contribution in [1.29, 1.82) is 0 Å². The fourth-order valence-electron chi connectivity index (χ4n) is 2.29. The number of aliphatic imine (C=N–C) groups is 1. The number of fused-ring (bicyclic) bond motifs is 1. The van der Waals surface area contributed by atoms with Gasteiger partial charge in [0.2, 0.25) is 0 Å². The highest BCUT2D eigenvalue weighted by atomic mass is 16.4. The smallest absolute Gasteiger partial charge is 0.348 e. The van der Waals surface area contributed by atoms with Gasteiger partial charge in [0.15, 0.2) is 5.78 Å². The highest BCUT2D eigenvalue weighted by Gasteiger charge is 2.12. The number of phenols is 1. The van der Waals surface area contributed by atoms with E-state index in [1.807, 2.05) is 0 Å². The number of carbonyl (C=O) groups excluding carboxylic acids is 1. The predicted molar refractivity (Wildman–Crippen MR) is 89.5 cm³/mol. The molecule has 0 saturated heterocycles. The molecule has 6 nitrogen and oxygen atoms in total. The van der Waals surface area contributed by atoms with Crippen molar-refractivity contribution >= 4 is 28.7 Å². The molecule has 3 rings (SSSR count). The molecule has 0 saturated carbocycles. The molecule has 0 aliphatic heterocycles. The van der Waals surface area contributed by atoms with Crippen LogP contribution in [0.5, 0.6) is 11.5 Å². The molecule has 0 unspecified atom stereocenters. The van der Waals surface area contributed by atoms with Gasteiger partial charge in [-0.15, -0.1) is 0 Å². The first-order valence-electron chi connectivity index (χ1n) is 7.10. The number of para-hydroxylation sites is 1. The van der Waals surface area contributed by atoms with Gasteiger partial charge in [-0.1, -0.05) is 12.1 Å². The van der Waals surface area contributed by atoms with Crippen molar-refractivity contribution in [2.45, 2.75) is 6.92 Å². The van der Waals surface area contributed by atoms with Crippen LogP contribution in [0.3, 0.4) is 0 Å². The SMILES string of the molecule is CC(=O)c1cc(N=Cc2c(O)c3ccccc3oc2=O)ccc1O. The van der Waals surface area contributed by atoms with Crippen LogP contribution >= 0.6 is 0 Å². The average Bonchev–Trinajstić information content (AvgIpc) is 2.55. The van der Waals surface area contributed by atoms with Crippen molar-refractivity contribution in [3.05, 3.63) is 64.0 Å². The number of aromatic hydroxyl groups is 2. The summed E-state index contributed by atoms with van der Waals surface area (Å²) in [5.41, 5.74) is -0.0586. The molecule has 1 heterocycles. The number of ketones is 1. The van der Waals surface area contributed by atoms with Crippen molar-refractivity contribution in [3.63, 3.8) is 0 Å². The Hall–Kier alpha value is -3.41. The van der Waals surface area contributed by atoms with Crippen LogP contribution in [0.1, 0.15) is 22.8 Å². The molecule has 1 aromatic heterocycles. The van der Waals surface area contributed by atoms with E-state index in [1.165, 1.54) is 31.3 Å². The second-order valence-corrected chi connectivity index (χ2v) is 5.16. The van der Waals surface area contributed by atoms with E-state index in [0.717, 1.165) is 0 Å². The molecular formula is C18H13NO5. The van der Waals surface area contributed by atoms with Gasteiger partial charge in [-0.05, 0) is 37.3 Å². The molecule has 120 valence electrons. The Morgan fingerprint density at radius 3 is 2.67 bits per heavy atom. The van der Waals surface area contributed by atoms with Crippen LogP contribution < -0.4 is 5.63 Å². The molecule has 6 heteroatoms. The lowest BCUT2D eigenvalue weighted by atomic mass is 10.1. The Kier molecular flexibility index (Phi) is 3.87. The molecule has 3 aromatic rings. The number of carbonyl (C=O) groups is 1. The lowest BCUT2D eigenvalue weighted by Gasteiger charge is -2.03. The zero-order chi connectivity index (χ0) is 17.3. The van der Waals surface area contributed by atoms with Crippen LogP contribution in [0.2, 0.25) is 0 Å². The van der Waals surface area contributed by atoms with Gasteiger partial charge in [-0.25, -0.2) is 4.79 Å². The fourth-order valence-corrected chi connectivity index (χ4v) is 2.29. The number of benzene rings is 2. The number of Topliss-reactive ketones (excluding diaryl/α,β-unsaturated/α-hetero) is 1. The molecule has 0 aliphatic carbocycles.